The summed E-state index contributed by atoms with van der Waals surface area (Å²) in [6, 6.07) is 11.6. The molecule has 1 atom stereocenters. The van der Waals surface area contributed by atoms with E-state index in [9.17, 15) is 4.79 Å². The predicted octanol–water partition coefficient (Wildman–Crippen LogP) is 4.08. The Kier molecular flexibility index (Phi) is 3.84. The largest absolute Gasteiger partial charge is 0.468 e. The third-order valence-corrected chi connectivity index (χ3v) is 5.08. The van der Waals surface area contributed by atoms with E-state index in [4.69, 9.17) is 14.1 Å². The van der Waals surface area contributed by atoms with Crippen LogP contribution < -0.4 is 4.74 Å². The molecule has 7 heteroatoms. The van der Waals surface area contributed by atoms with Gasteiger partial charge in [0.25, 0.3) is 0 Å². The number of ketones is 1. The molecule has 0 spiro atoms. The number of allylic oxidation sites excluding steroid dienone is 2. The van der Waals surface area contributed by atoms with Gasteiger partial charge < -0.3 is 9.15 Å². The molecule has 7 nitrogen and oxygen atoms in total. The molecule has 29 heavy (non-hydrogen) atoms. The van der Waals surface area contributed by atoms with Crippen LogP contribution in [0.1, 0.15) is 36.7 Å². The molecule has 1 aliphatic heterocycles. The van der Waals surface area contributed by atoms with Crippen molar-refractivity contribution in [3.05, 3.63) is 77.2 Å². The average molecular weight is 386 g/mol. The van der Waals surface area contributed by atoms with Crippen molar-refractivity contribution in [2.75, 3.05) is 0 Å². The number of ether oxygens (including phenoxy) is 1. The molecule has 0 saturated heterocycles. The average Bonchev–Trinajstić information content (AvgIpc) is 3.36. The Hall–Kier alpha value is -3.74. The van der Waals surface area contributed by atoms with Crippen molar-refractivity contribution in [3.8, 4) is 17.3 Å². The lowest BCUT2D eigenvalue weighted by Crippen LogP contribution is -2.21. The van der Waals surface area contributed by atoms with Gasteiger partial charge in [0.1, 0.15) is 17.8 Å². The molecule has 0 saturated carbocycles. The van der Waals surface area contributed by atoms with Crippen LogP contribution in [0.5, 0.6) is 5.88 Å². The van der Waals surface area contributed by atoms with Crippen LogP contribution >= 0.6 is 0 Å². The number of benzene rings is 1. The molecule has 5 rings (SSSR count). The van der Waals surface area contributed by atoms with Gasteiger partial charge >= 0.3 is 0 Å². The van der Waals surface area contributed by atoms with Crippen molar-refractivity contribution in [1.29, 1.82) is 0 Å². The molecule has 0 radical (unpaired) electrons. The second-order valence-electron chi connectivity index (χ2n) is 7.11. The smallest absolute Gasteiger partial charge is 0.228 e. The summed E-state index contributed by atoms with van der Waals surface area (Å²) in [5.74, 6) is 1.59. The molecule has 0 unspecified atom stereocenters. The Labute approximate surface area is 166 Å². The van der Waals surface area contributed by atoms with Crippen LogP contribution in [-0.4, -0.2) is 25.4 Å². The summed E-state index contributed by atoms with van der Waals surface area (Å²) >= 11 is 0. The van der Waals surface area contributed by atoms with Gasteiger partial charge in [-0.2, -0.15) is 0 Å². The number of fused-ring (bicyclic) bond motifs is 3. The van der Waals surface area contributed by atoms with E-state index in [0.717, 1.165) is 11.1 Å². The lowest BCUT2D eigenvalue weighted by Gasteiger charge is -2.26. The first kappa shape index (κ1) is 17.4. The van der Waals surface area contributed by atoms with Crippen LogP contribution in [-0.2, 0) is 4.79 Å². The van der Waals surface area contributed by atoms with E-state index in [-0.39, 0.29) is 5.78 Å². The molecule has 1 aromatic carbocycles. The minimum atomic E-state index is -0.461. The van der Waals surface area contributed by atoms with Gasteiger partial charge in [0, 0.05) is 11.1 Å². The zero-order valence-corrected chi connectivity index (χ0v) is 16.2. The summed E-state index contributed by atoms with van der Waals surface area (Å²) in [4.78, 5) is 21.7. The Bertz CT molecular complexity index is 1280. The third-order valence-electron chi connectivity index (χ3n) is 5.08. The number of furan rings is 1. The van der Waals surface area contributed by atoms with E-state index in [0.29, 0.717) is 40.0 Å². The summed E-state index contributed by atoms with van der Waals surface area (Å²) in [7, 11) is 0. The van der Waals surface area contributed by atoms with Gasteiger partial charge in [-0.1, -0.05) is 23.8 Å². The van der Waals surface area contributed by atoms with Gasteiger partial charge in [0.05, 0.1) is 17.7 Å². The maximum atomic E-state index is 12.5. The number of aryl methyl sites for hydroxylation is 1. The summed E-state index contributed by atoms with van der Waals surface area (Å²) in [5, 5.41) is 4.59. The highest BCUT2D eigenvalue weighted by molar-refractivity contribution is 5.97. The molecular formula is C22H18N4O3. The van der Waals surface area contributed by atoms with Crippen LogP contribution in [0.2, 0.25) is 0 Å². The minimum absolute atomic E-state index is 0.0880. The van der Waals surface area contributed by atoms with Gasteiger partial charge in [-0.05, 0) is 39.0 Å². The molecule has 0 amide bonds. The van der Waals surface area contributed by atoms with Gasteiger partial charge in [-0.3, -0.25) is 4.79 Å². The second kappa shape index (κ2) is 6.41. The number of aromatic nitrogens is 4. The summed E-state index contributed by atoms with van der Waals surface area (Å²) < 4.78 is 13.2. The number of Topliss-reactive ketones (excluding diaryl/α,β-unsaturated/α-hetero) is 1. The Morgan fingerprint density at radius 1 is 1.17 bits per heavy atom. The van der Waals surface area contributed by atoms with Crippen LogP contribution in [0.25, 0.3) is 17.0 Å². The molecule has 144 valence electrons. The monoisotopic (exact) mass is 386 g/mol. The predicted molar refractivity (Wildman–Crippen MR) is 106 cm³/mol. The zero-order valence-electron chi connectivity index (χ0n) is 16.2. The third kappa shape index (κ3) is 2.74. The quantitative estimate of drug-likeness (QED) is 0.528. The number of carbonyl (C=O) groups is 1. The fourth-order valence-electron chi connectivity index (χ4n) is 3.84. The fraction of sp³-hybridized carbons (Fsp3) is 0.182. The summed E-state index contributed by atoms with van der Waals surface area (Å²) in [6.45, 7) is 5.32. The lowest BCUT2D eigenvalue weighted by molar-refractivity contribution is -0.114. The number of carbonyl (C=O) groups excluding carboxylic acids is 1. The van der Waals surface area contributed by atoms with Gasteiger partial charge in [0.15, 0.2) is 17.3 Å². The molecule has 0 N–H and O–H groups in total. The highest BCUT2D eigenvalue weighted by Gasteiger charge is 2.37. The standard InChI is InChI=1S/C22H18N4O3/c1-12-6-4-7-15(10-12)20-24-21-19-18(16-8-5-9-28-16)17(13(2)27)14(3)29-22(19)23-11-26(21)25-20/h4-11,18H,1-3H3/t18-/m1/s1. The molecule has 0 aliphatic carbocycles. The maximum absolute atomic E-state index is 12.5. The minimum Gasteiger partial charge on any atom is -0.468 e. The van der Waals surface area contributed by atoms with Crippen molar-refractivity contribution in [3.63, 3.8) is 0 Å². The van der Waals surface area contributed by atoms with Crippen LogP contribution in [0.15, 0.2) is 64.7 Å². The van der Waals surface area contributed by atoms with Crippen molar-refractivity contribution >= 4 is 11.4 Å². The number of rotatable bonds is 3. The van der Waals surface area contributed by atoms with Crippen molar-refractivity contribution < 1.29 is 13.9 Å². The van der Waals surface area contributed by atoms with Crippen molar-refractivity contribution in [2.45, 2.75) is 26.7 Å². The molecule has 4 heterocycles. The van der Waals surface area contributed by atoms with E-state index in [1.165, 1.54) is 6.92 Å². The fourth-order valence-corrected chi connectivity index (χ4v) is 3.84. The van der Waals surface area contributed by atoms with Crippen LogP contribution in [0.3, 0.4) is 0 Å². The molecule has 3 aromatic heterocycles. The Morgan fingerprint density at radius 2 is 2.03 bits per heavy atom. The van der Waals surface area contributed by atoms with Crippen molar-refractivity contribution in [2.24, 2.45) is 0 Å². The molecular weight excluding hydrogens is 368 g/mol. The van der Waals surface area contributed by atoms with Crippen LogP contribution in [0, 0.1) is 6.92 Å². The molecule has 0 fully saturated rings. The number of hydrogen-bond donors (Lipinski definition) is 0. The Balaban J connectivity index is 1.77. The highest BCUT2D eigenvalue weighted by Crippen LogP contribution is 2.44. The first-order valence-electron chi connectivity index (χ1n) is 9.28. The van der Waals surface area contributed by atoms with E-state index >= 15 is 0 Å². The molecule has 4 aromatic rings. The maximum Gasteiger partial charge on any atom is 0.228 e. The first-order chi connectivity index (χ1) is 14.0. The van der Waals surface area contributed by atoms with Gasteiger partial charge in [-0.25, -0.2) is 14.5 Å². The normalized spacial score (nSPS) is 16.0. The number of nitrogens with zero attached hydrogens (tertiary/aromatic N) is 4. The topological polar surface area (TPSA) is 82.5 Å². The van der Waals surface area contributed by atoms with E-state index in [2.05, 4.69) is 10.1 Å². The van der Waals surface area contributed by atoms with E-state index in [1.807, 2.05) is 37.3 Å². The Morgan fingerprint density at radius 3 is 2.76 bits per heavy atom. The van der Waals surface area contributed by atoms with Gasteiger partial charge in [0.2, 0.25) is 5.88 Å². The highest BCUT2D eigenvalue weighted by atomic mass is 16.5. The zero-order chi connectivity index (χ0) is 20.1. The SMILES string of the molecule is CC(=O)C1=C(C)Oc2ncn3nc(-c4cccc(C)c4)nc3c2[C@@H]1c1ccco1. The number of hydrogen-bond acceptors (Lipinski definition) is 6. The van der Waals surface area contributed by atoms with Crippen LogP contribution in [0.4, 0.5) is 0 Å². The summed E-state index contributed by atoms with van der Waals surface area (Å²) in [5.41, 5.74) is 3.81. The lowest BCUT2D eigenvalue weighted by atomic mass is 9.85. The molecule has 1 aliphatic rings. The van der Waals surface area contributed by atoms with Crippen molar-refractivity contribution in [1.82, 2.24) is 19.6 Å². The van der Waals surface area contributed by atoms with E-state index in [1.54, 1.807) is 30.1 Å². The first-order valence-corrected chi connectivity index (χ1v) is 9.28. The molecule has 0 bridgehead atoms. The van der Waals surface area contributed by atoms with Gasteiger partial charge in [-0.15, -0.1) is 5.10 Å². The summed E-state index contributed by atoms with van der Waals surface area (Å²) in [6.07, 6.45) is 3.17. The van der Waals surface area contributed by atoms with E-state index < -0.39 is 5.92 Å². The second-order valence-corrected chi connectivity index (χ2v) is 7.11.